The molecule has 2 nitrogen and oxygen atoms in total. The Morgan fingerprint density at radius 2 is 1.32 bits per heavy atom. The van der Waals surface area contributed by atoms with Crippen LogP contribution in [0.5, 0.6) is 0 Å². The third-order valence-corrected chi connectivity index (χ3v) is 11.7. The molecule has 37 heavy (non-hydrogen) atoms. The van der Waals surface area contributed by atoms with E-state index in [-0.39, 0.29) is 0 Å². The van der Waals surface area contributed by atoms with E-state index in [1.54, 1.807) is 34.0 Å². The van der Waals surface area contributed by atoms with E-state index >= 15 is 0 Å². The van der Waals surface area contributed by atoms with Gasteiger partial charge in [0.25, 0.3) is 0 Å². The first-order chi connectivity index (χ1) is 17.8. The van der Waals surface area contributed by atoms with Crippen LogP contribution < -0.4 is 0 Å². The lowest BCUT2D eigenvalue weighted by molar-refractivity contribution is 1.54. The molecule has 0 aliphatic carbocycles. The molecule has 0 atom stereocenters. The van der Waals surface area contributed by atoms with Crippen LogP contribution in [-0.4, -0.2) is 0 Å². The zero-order valence-corrected chi connectivity index (χ0v) is 25.1. The van der Waals surface area contributed by atoms with Crippen LogP contribution in [0.4, 0.5) is 0 Å². The van der Waals surface area contributed by atoms with E-state index < -0.39 is 0 Å². The summed E-state index contributed by atoms with van der Waals surface area (Å²) in [6, 6.07) is 18.3. The molecule has 9 heteroatoms. The fourth-order valence-electron chi connectivity index (χ4n) is 3.73. The summed E-state index contributed by atoms with van der Waals surface area (Å²) < 4.78 is 1.36. The monoisotopic (exact) mass is 610 g/mol. The maximum atomic E-state index is 9.66. The summed E-state index contributed by atoms with van der Waals surface area (Å²) in [7, 11) is 0. The maximum Gasteiger partial charge on any atom is 0.205 e. The molecule has 5 aromatic rings. The van der Waals surface area contributed by atoms with Gasteiger partial charge in [-0.15, -0.1) is 56.7 Å². The summed E-state index contributed by atoms with van der Waals surface area (Å²) in [6.07, 6.45) is 3.88. The fraction of sp³-hybridized carbons (Fsp3) is 0.0714. The number of allylic oxidation sites excluding steroid dienone is 1. The molecule has 0 aliphatic rings. The standard InChI is InChI=1S/C28H16Cl2N2S5/c1-15-10-18(12-17(14-31)21-6-8-25(29)36-21)33-27(15)23-4-5-24(35-23)28-16(2)11-19(34-28)13-20(32-3)22-7-9-26(30)37-22/h4-13H,1-2H3/b17-12+,20-13-. The molecule has 0 spiro atoms. The molecule has 0 radical (unpaired) electrons. The van der Waals surface area contributed by atoms with Gasteiger partial charge in [0.05, 0.1) is 20.8 Å². The van der Waals surface area contributed by atoms with Crippen LogP contribution in [0.2, 0.25) is 8.67 Å². The Balaban J connectivity index is 1.43. The molecule has 0 N–H and O–H groups in total. The van der Waals surface area contributed by atoms with Gasteiger partial charge in [0.15, 0.2) is 0 Å². The summed E-state index contributed by atoms with van der Waals surface area (Å²) in [5.41, 5.74) is 3.61. The average Bonchev–Trinajstić information content (AvgIpc) is 3.69. The third-order valence-electron chi connectivity index (χ3n) is 5.40. The number of nitriles is 1. The van der Waals surface area contributed by atoms with Crippen molar-refractivity contribution in [3.05, 3.63) is 99.3 Å². The average molecular weight is 612 g/mol. The van der Waals surface area contributed by atoms with Crippen molar-refractivity contribution in [3.8, 4) is 25.6 Å². The van der Waals surface area contributed by atoms with Gasteiger partial charge < -0.3 is 0 Å². The summed E-state index contributed by atoms with van der Waals surface area (Å²) in [5.74, 6) is 0. The molecular weight excluding hydrogens is 596 g/mol. The van der Waals surface area contributed by atoms with Crippen molar-refractivity contribution in [2.24, 2.45) is 0 Å². The second-order valence-electron chi connectivity index (χ2n) is 8.00. The molecule has 5 aromatic heterocycles. The molecule has 0 saturated heterocycles. The normalized spacial score (nSPS) is 12.1. The zero-order valence-electron chi connectivity index (χ0n) is 19.5. The Hall–Kier alpha value is -2.46. The van der Waals surface area contributed by atoms with Gasteiger partial charge in [-0.25, -0.2) is 4.85 Å². The number of halogens is 2. The molecule has 5 heterocycles. The molecule has 0 bridgehead atoms. The first kappa shape index (κ1) is 26.2. The molecule has 0 amide bonds. The number of nitrogens with zero attached hydrogens (tertiary/aromatic N) is 2. The lowest BCUT2D eigenvalue weighted by atomic mass is 10.2. The number of hydrogen-bond acceptors (Lipinski definition) is 6. The molecule has 0 aromatic carbocycles. The Bertz CT molecular complexity index is 1630. The summed E-state index contributed by atoms with van der Waals surface area (Å²) in [6.45, 7) is 11.8. The van der Waals surface area contributed by atoms with Crippen molar-refractivity contribution < 1.29 is 0 Å². The Morgan fingerprint density at radius 1 is 0.784 bits per heavy atom. The highest BCUT2D eigenvalue weighted by Crippen LogP contribution is 2.44. The SMILES string of the molecule is [C-]#[N+]/C(=C\c1cc(C)c(-c2ccc(-c3sc(/C=C(\C#N)c4ccc(Cl)s4)cc3C)s2)s1)c1ccc(Cl)s1. The summed E-state index contributed by atoms with van der Waals surface area (Å²) >= 11 is 20.1. The predicted octanol–water partition coefficient (Wildman–Crippen LogP) is 11.7. The largest absolute Gasteiger partial charge is 0.237 e. The van der Waals surface area contributed by atoms with E-state index in [0.717, 1.165) is 19.5 Å². The third kappa shape index (κ3) is 5.70. The van der Waals surface area contributed by atoms with E-state index in [9.17, 15) is 5.26 Å². The molecule has 182 valence electrons. The van der Waals surface area contributed by atoms with Gasteiger partial charge in [-0.2, -0.15) is 5.26 Å². The van der Waals surface area contributed by atoms with Crippen LogP contribution in [0.3, 0.4) is 0 Å². The quantitative estimate of drug-likeness (QED) is 0.139. The van der Waals surface area contributed by atoms with E-state index in [4.69, 9.17) is 29.8 Å². The van der Waals surface area contributed by atoms with Gasteiger partial charge in [0.1, 0.15) is 6.07 Å². The minimum absolute atomic E-state index is 0.605. The van der Waals surface area contributed by atoms with Crippen molar-refractivity contribution in [3.63, 3.8) is 0 Å². The van der Waals surface area contributed by atoms with Crippen LogP contribution in [0.15, 0.2) is 48.5 Å². The van der Waals surface area contributed by atoms with Gasteiger partial charge in [-0.1, -0.05) is 29.3 Å². The van der Waals surface area contributed by atoms with Crippen molar-refractivity contribution >= 4 is 103 Å². The molecule has 0 unspecified atom stereocenters. The van der Waals surface area contributed by atoms with Gasteiger partial charge in [-0.05, 0) is 79.6 Å². The highest BCUT2D eigenvalue weighted by atomic mass is 35.5. The van der Waals surface area contributed by atoms with E-state index in [1.807, 2.05) is 36.4 Å². The molecule has 0 saturated carbocycles. The highest BCUT2D eigenvalue weighted by Gasteiger charge is 2.15. The molecular formula is C28H16Cl2N2S5. The minimum atomic E-state index is 0.605. The van der Waals surface area contributed by atoms with Crippen LogP contribution in [0.25, 0.3) is 47.8 Å². The van der Waals surface area contributed by atoms with Crippen molar-refractivity contribution in [1.82, 2.24) is 0 Å². The second kappa shape index (κ2) is 11.1. The first-order valence-electron chi connectivity index (χ1n) is 10.9. The van der Waals surface area contributed by atoms with Crippen molar-refractivity contribution in [2.45, 2.75) is 13.8 Å². The number of aryl methyl sites for hydroxylation is 2. The number of hydrogen-bond donors (Lipinski definition) is 0. The lowest BCUT2D eigenvalue weighted by Crippen LogP contribution is -1.73. The lowest BCUT2D eigenvalue weighted by Gasteiger charge is -1.96. The summed E-state index contributed by atoms with van der Waals surface area (Å²) in [4.78, 5) is 12.4. The Labute approximate surface area is 245 Å². The Kier molecular flexibility index (Phi) is 7.85. The topological polar surface area (TPSA) is 28.1 Å². The van der Waals surface area contributed by atoms with Gasteiger partial charge >= 0.3 is 0 Å². The van der Waals surface area contributed by atoms with Crippen LogP contribution in [0.1, 0.15) is 30.6 Å². The van der Waals surface area contributed by atoms with Gasteiger partial charge in [0.2, 0.25) is 5.70 Å². The molecule has 5 rings (SSSR count). The zero-order chi connectivity index (χ0) is 26.1. The van der Waals surface area contributed by atoms with Gasteiger partial charge in [0, 0.05) is 39.0 Å². The first-order valence-corrected chi connectivity index (χ1v) is 15.7. The second-order valence-corrected chi connectivity index (χ2v) is 14.7. The van der Waals surface area contributed by atoms with Gasteiger partial charge in [-0.3, -0.25) is 0 Å². The van der Waals surface area contributed by atoms with Crippen molar-refractivity contribution in [2.75, 3.05) is 0 Å². The van der Waals surface area contributed by atoms with Crippen LogP contribution in [-0.2, 0) is 0 Å². The molecule has 0 aliphatic heterocycles. The minimum Gasteiger partial charge on any atom is -0.237 e. The molecule has 0 fully saturated rings. The van der Waals surface area contributed by atoms with Crippen molar-refractivity contribution in [1.29, 1.82) is 5.26 Å². The van der Waals surface area contributed by atoms with E-state index in [2.05, 4.69) is 49.0 Å². The predicted molar refractivity (Wildman–Crippen MR) is 167 cm³/mol. The van der Waals surface area contributed by atoms with Crippen LogP contribution >= 0.6 is 79.9 Å². The van der Waals surface area contributed by atoms with E-state index in [1.165, 1.54) is 53.3 Å². The van der Waals surface area contributed by atoms with Crippen LogP contribution in [0, 0.1) is 31.8 Å². The summed E-state index contributed by atoms with van der Waals surface area (Å²) in [5, 5.41) is 9.66. The smallest absolute Gasteiger partial charge is 0.205 e. The number of thiophene rings is 5. The number of rotatable bonds is 6. The fourth-order valence-corrected chi connectivity index (χ4v) is 9.33. The Morgan fingerprint density at radius 3 is 1.81 bits per heavy atom. The maximum absolute atomic E-state index is 9.66. The van der Waals surface area contributed by atoms with E-state index in [0.29, 0.717) is 19.9 Å². The highest BCUT2D eigenvalue weighted by molar-refractivity contribution is 7.27.